The summed E-state index contributed by atoms with van der Waals surface area (Å²) in [5, 5.41) is 9.38. The second-order valence-corrected chi connectivity index (χ2v) is 7.07. The van der Waals surface area contributed by atoms with E-state index in [0.29, 0.717) is 24.1 Å². The number of thiocarbonyl (C=S) groups is 1. The van der Waals surface area contributed by atoms with Gasteiger partial charge in [0, 0.05) is 22.6 Å². The van der Waals surface area contributed by atoms with Crippen LogP contribution in [0.2, 0.25) is 0 Å². The second kappa shape index (κ2) is 10.4. The van der Waals surface area contributed by atoms with Crippen molar-refractivity contribution in [3.63, 3.8) is 0 Å². The minimum atomic E-state index is -0.322. The number of aliphatic imine (C=N–C) groups is 1. The van der Waals surface area contributed by atoms with Gasteiger partial charge in [0.2, 0.25) is 11.9 Å². The first-order valence-electron chi connectivity index (χ1n) is 9.52. The summed E-state index contributed by atoms with van der Waals surface area (Å²) < 4.78 is 18.5. The monoisotopic (exact) mass is 438 g/mol. The number of para-hydroxylation sites is 1. The van der Waals surface area contributed by atoms with E-state index in [2.05, 4.69) is 30.9 Å². The zero-order chi connectivity index (χ0) is 22.2. The lowest BCUT2D eigenvalue weighted by Crippen LogP contribution is -2.39. The van der Waals surface area contributed by atoms with E-state index in [1.807, 2.05) is 44.2 Å². The fourth-order valence-corrected chi connectivity index (χ4v) is 3.01. The first-order valence-corrected chi connectivity index (χ1v) is 9.93. The number of nitrogens with zero attached hydrogens (tertiary/aromatic N) is 3. The zero-order valence-corrected chi connectivity index (χ0v) is 18.3. The summed E-state index contributed by atoms with van der Waals surface area (Å²) in [7, 11) is 1.62. The number of benzene rings is 2. The van der Waals surface area contributed by atoms with Crippen molar-refractivity contribution in [2.24, 2.45) is 4.99 Å². The Kier molecular flexibility index (Phi) is 7.45. The van der Waals surface area contributed by atoms with Gasteiger partial charge in [-0.15, -0.1) is 0 Å². The molecule has 0 fully saturated rings. The lowest BCUT2D eigenvalue weighted by Gasteiger charge is -2.15. The molecule has 0 saturated heterocycles. The lowest BCUT2D eigenvalue weighted by atomic mass is 10.2. The number of ether oxygens (including phenoxy) is 1. The number of hydrogen-bond donors (Lipinski definition) is 3. The van der Waals surface area contributed by atoms with Gasteiger partial charge in [0.25, 0.3) is 0 Å². The molecule has 9 heteroatoms. The van der Waals surface area contributed by atoms with Gasteiger partial charge in [0.1, 0.15) is 11.6 Å². The summed E-state index contributed by atoms with van der Waals surface area (Å²) in [4.78, 5) is 13.4. The largest absolute Gasteiger partial charge is 0.496 e. The Balaban J connectivity index is 1.80. The van der Waals surface area contributed by atoms with Crippen molar-refractivity contribution < 1.29 is 9.13 Å². The van der Waals surface area contributed by atoms with Crippen LogP contribution in [0, 0.1) is 19.7 Å². The van der Waals surface area contributed by atoms with Gasteiger partial charge in [0.05, 0.1) is 13.7 Å². The highest BCUT2D eigenvalue weighted by molar-refractivity contribution is 7.80. The zero-order valence-electron chi connectivity index (χ0n) is 17.4. The second-order valence-electron chi connectivity index (χ2n) is 6.66. The third-order valence-electron chi connectivity index (χ3n) is 4.15. The topological polar surface area (TPSA) is 83.5 Å². The van der Waals surface area contributed by atoms with Crippen LogP contribution in [-0.2, 0) is 6.54 Å². The van der Waals surface area contributed by atoms with Crippen LogP contribution in [0.15, 0.2) is 59.6 Å². The fourth-order valence-electron chi connectivity index (χ4n) is 2.80. The number of halogens is 1. The molecule has 31 heavy (non-hydrogen) atoms. The lowest BCUT2D eigenvalue weighted by molar-refractivity contribution is 0.410. The molecule has 0 aliphatic heterocycles. The van der Waals surface area contributed by atoms with E-state index in [4.69, 9.17) is 17.0 Å². The highest BCUT2D eigenvalue weighted by atomic mass is 32.1. The van der Waals surface area contributed by atoms with E-state index < -0.39 is 0 Å². The Hall–Kier alpha value is -3.59. The summed E-state index contributed by atoms with van der Waals surface area (Å²) in [6.07, 6.45) is 0. The van der Waals surface area contributed by atoms with Crippen molar-refractivity contribution in [2.75, 3.05) is 17.7 Å². The molecule has 3 rings (SSSR count). The predicted octanol–water partition coefficient (Wildman–Crippen LogP) is 4.20. The molecule has 0 bridgehead atoms. The fraction of sp³-hybridized carbons (Fsp3) is 0.182. The summed E-state index contributed by atoms with van der Waals surface area (Å²) >= 11 is 5.39. The molecular formula is C22H23FN6OS. The maximum absolute atomic E-state index is 13.1. The number of guanidine groups is 1. The van der Waals surface area contributed by atoms with Crippen LogP contribution in [0.1, 0.15) is 17.0 Å². The number of anilines is 2. The van der Waals surface area contributed by atoms with Gasteiger partial charge in [-0.05, 0) is 62.5 Å². The number of rotatable bonds is 5. The Morgan fingerprint density at radius 1 is 1.03 bits per heavy atom. The van der Waals surface area contributed by atoms with Gasteiger partial charge in [-0.25, -0.2) is 19.4 Å². The van der Waals surface area contributed by atoms with E-state index in [9.17, 15) is 4.39 Å². The van der Waals surface area contributed by atoms with Crippen LogP contribution < -0.4 is 20.7 Å². The molecule has 1 heterocycles. The summed E-state index contributed by atoms with van der Waals surface area (Å²) in [6.45, 7) is 4.11. The standard InChI is InChI=1S/C22H23FN6OS/c1-14-12-15(2)26-21(25-14)28-20(24-13-16-6-4-5-7-19(16)30-3)29-22(31)27-18-10-8-17(23)9-11-18/h4-12H,13H2,1-3H3,(H3,24,25,26,27,28,29,31). The van der Waals surface area contributed by atoms with Crippen molar-refractivity contribution in [1.82, 2.24) is 15.3 Å². The number of nitrogens with one attached hydrogen (secondary N) is 3. The average Bonchev–Trinajstić information content (AvgIpc) is 2.73. The van der Waals surface area contributed by atoms with Crippen LogP contribution in [0.4, 0.5) is 16.0 Å². The molecule has 0 atom stereocenters. The molecule has 0 spiro atoms. The minimum absolute atomic E-state index is 0.280. The van der Waals surface area contributed by atoms with Crippen LogP contribution in [-0.4, -0.2) is 28.1 Å². The van der Waals surface area contributed by atoms with Crippen LogP contribution in [0.5, 0.6) is 5.75 Å². The van der Waals surface area contributed by atoms with Gasteiger partial charge in [-0.3, -0.25) is 5.32 Å². The first-order chi connectivity index (χ1) is 14.9. The third-order valence-corrected chi connectivity index (χ3v) is 4.35. The molecular weight excluding hydrogens is 415 g/mol. The molecule has 0 aliphatic carbocycles. The van der Waals surface area contributed by atoms with E-state index >= 15 is 0 Å². The number of aromatic nitrogens is 2. The molecule has 2 aromatic carbocycles. The minimum Gasteiger partial charge on any atom is -0.496 e. The molecule has 3 N–H and O–H groups in total. The van der Waals surface area contributed by atoms with E-state index in [1.165, 1.54) is 12.1 Å². The molecule has 0 saturated carbocycles. The predicted molar refractivity (Wildman–Crippen MR) is 125 cm³/mol. The highest BCUT2D eigenvalue weighted by Gasteiger charge is 2.09. The van der Waals surface area contributed by atoms with Crippen molar-refractivity contribution in [3.8, 4) is 5.75 Å². The first kappa shape index (κ1) is 22.1. The molecule has 1 aromatic heterocycles. The summed E-state index contributed by atoms with van der Waals surface area (Å²) in [6, 6.07) is 15.4. The molecule has 0 amide bonds. The molecule has 0 radical (unpaired) electrons. The number of aryl methyl sites for hydroxylation is 2. The molecule has 0 aliphatic rings. The van der Waals surface area contributed by atoms with E-state index in [-0.39, 0.29) is 10.9 Å². The number of methoxy groups -OCH3 is 1. The Bertz CT molecular complexity index is 1070. The summed E-state index contributed by atoms with van der Waals surface area (Å²) in [5.74, 6) is 1.17. The Labute approximate surface area is 185 Å². The average molecular weight is 439 g/mol. The van der Waals surface area contributed by atoms with Crippen molar-refractivity contribution >= 4 is 34.9 Å². The van der Waals surface area contributed by atoms with Gasteiger partial charge >= 0.3 is 0 Å². The maximum atomic E-state index is 13.1. The molecule has 7 nitrogen and oxygen atoms in total. The van der Waals surface area contributed by atoms with E-state index in [1.54, 1.807) is 19.2 Å². The van der Waals surface area contributed by atoms with Gasteiger partial charge in [-0.1, -0.05) is 18.2 Å². The smallest absolute Gasteiger partial charge is 0.229 e. The van der Waals surface area contributed by atoms with Crippen LogP contribution in [0.25, 0.3) is 0 Å². The SMILES string of the molecule is COc1ccccc1CN=C(NC(=S)Nc1ccc(F)cc1)Nc1nc(C)cc(C)n1. The van der Waals surface area contributed by atoms with Crippen molar-refractivity contribution in [2.45, 2.75) is 20.4 Å². The Morgan fingerprint density at radius 2 is 1.71 bits per heavy atom. The highest BCUT2D eigenvalue weighted by Crippen LogP contribution is 2.18. The van der Waals surface area contributed by atoms with Crippen molar-refractivity contribution in [1.29, 1.82) is 0 Å². The summed E-state index contributed by atoms with van der Waals surface area (Å²) in [5.41, 5.74) is 3.20. The van der Waals surface area contributed by atoms with Gasteiger partial charge < -0.3 is 15.4 Å². The maximum Gasteiger partial charge on any atom is 0.229 e. The molecule has 160 valence electrons. The molecule has 0 unspecified atom stereocenters. The quantitative estimate of drug-likeness (QED) is 0.313. The van der Waals surface area contributed by atoms with Gasteiger partial charge in [-0.2, -0.15) is 0 Å². The van der Waals surface area contributed by atoms with Crippen LogP contribution >= 0.6 is 12.2 Å². The van der Waals surface area contributed by atoms with Gasteiger partial charge in [0.15, 0.2) is 5.11 Å². The number of hydrogen-bond acceptors (Lipinski definition) is 5. The molecule has 3 aromatic rings. The van der Waals surface area contributed by atoms with Crippen molar-refractivity contribution in [3.05, 3.63) is 77.4 Å². The third kappa shape index (κ3) is 6.71. The Morgan fingerprint density at radius 3 is 2.39 bits per heavy atom. The van der Waals surface area contributed by atoms with E-state index in [0.717, 1.165) is 22.7 Å². The van der Waals surface area contributed by atoms with Crippen LogP contribution in [0.3, 0.4) is 0 Å². The normalized spacial score (nSPS) is 11.0.